The van der Waals surface area contributed by atoms with Gasteiger partial charge in [-0.1, -0.05) is 13.3 Å². The van der Waals surface area contributed by atoms with E-state index in [1.54, 1.807) is 10.9 Å². The third-order valence-electron chi connectivity index (χ3n) is 3.51. The number of aromatic nitrogens is 2. The first-order chi connectivity index (χ1) is 9.62. The van der Waals surface area contributed by atoms with Gasteiger partial charge in [0.2, 0.25) is 10.0 Å². The molecule has 1 heterocycles. The van der Waals surface area contributed by atoms with Crippen molar-refractivity contribution in [2.45, 2.75) is 56.5 Å². The van der Waals surface area contributed by atoms with Crippen molar-refractivity contribution >= 4 is 10.0 Å². The van der Waals surface area contributed by atoms with Gasteiger partial charge in [-0.25, -0.2) is 13.1 Å². The van der Waals surface area contributed by atoms with Crippen LogP contribution in [0.15, 0.2) is 17.3 Å². The van der Waals surface area contributed by atoms with Crippen LogP contribution in [0.2, 0.25) is 0 Å². The second-order valence-electron chi connectivity index (χ2n) is 5.29. The molecule has 0 unspecified atom stereocenters. The molecule has 2 rings (SSSR count). The summed E-state index contributed by atoms with van der Waals surface area (Å²) in [5.41, 5.74) is 0. The van der Waals surface area contributed by atoms with Gasteiger partial charge in [0.05, 0.1) is 6.20 Å². The molecule has 0 amide bonds. The third kappa shape index (κ3) is 4.29. The minimum Gasteiger partial charge on any atom is -0.317 e. The van der Waals surface area contributed by atoms with E-state index in [0.29, 0.717) is 0 Å². The molecule has 6 nitrogen and oxygen atoms in total. The highest BCUT2D eigenvalue weighted by molar-refractivity contribution is 7.89. The number of nitrogens with zero attached hydrogens (tertiary/aromatic N) is 2. The summed E-state index contributed by atoms with van der Waals surface area (Å²) in [5.74, 6) is 0. The van der Waals surface area contributed by atoms with Gasteiger partial charge in [-0.3, -0.25) is 4.68 Å². The Hall–Kier alpha value is -0.920. The highest BCUT2D eigenvalue weighted by Crippen LogP contribution is 2.20. The van der Waals surface area contributed by atoms with Crippen LogP contribution in [-0.4, -0.2) is 37.3 Å². The maximum absolute atomic E-state index is 12.1. The van der Waals surface area contributed by atoms with Crippen LogP contribution in [0.5, 0.6) is 0 Å². The van der Waals surface area contributed by atoms with Crippen molar-refractivity contribution in [3.05, 3.63) is 12.4 Å². The summed E-state index contributed by atoms with van der Waals surface area (Å²) < 4.78 is 28.6. The molecule has 2 N–H and O–H groups in total. The standard InChI is InChI=1S/C13H24N4O2S/c1-2-7-14-8-4-9-17-11-13(10-15-17)20(18,19)16-12-5-3-6-12/h10-12,14,16H,2-9H2,1H3. The van der Waals surface area contributed by atoms with Gasteiger partial charge in [0, 0.05) is 18.8 Å². The Morgan fingerprint density at radius 1 is 1.40 bits per heavy atom. The molecule has 1 aliphatic carbocycles. The van der Waals surface area contributed by atoms with E-state index in [-0.39, 0.29) is 10.9 Å². The summed E-state index contributed by atoms with van der Waals surface area (Å²) in [5, 5.41) is 7.43. The van der Waals surface area contributed by atoms with E-state index in [0.717, 1.165) is 51.7 Å². The van der Waals surface area contributed by atoms with E-state index in [9.17, 15) is 8.42 Å². The van der Waals surface area contributed by atoms with E-state index in [1.165, 1.54) is 6.20 Å². The van der Waals surface area contributed by atoms with Gasteiger partial charge in [-0.2, -0.15) is 5.10 Å². The van der Waals surface area contributed by atoms with Gasteiger partial charge in [0.25, 0.3) is 0 Å². The van der Waals surface area contributed by atoms with E-state index in [2.05, 4.69) is 22.1 Å². The number of nitrogens with one attached hydrogen (secondary N) is 2. The zero-order chi connectivity index (χ0) is 14.4. The highest BCUT2D eigenvalue weighted by atomic mass is 32.2. The van der Waals surface area contributed by atoms with Crippen LogP contribution in [0.1, 0.15) is 39.0 Å². The van der Waals surface area contributed by atoms with Gasteiger partial charge in [0.15, 0.2) is 0 Å². The van der Waals surface area contributed by atoms with Crippen LogP contribution >= 0.6 is 0 Å². The fraction of sp³-hybridized carbons (Fsp3) is 0.769. The Balaban J connectivity index is 1.81. The van der Waals surface area contributed by atoms with E-state index in [4.69, 9.17) is 0 Å². The molecule has 0 saturated heterocycles. The van der Waals surface area contributed by atoms with Crippen molar-refractivity contribution in [1.82, 2.24) is 19.8 Å². The van der Waals surface area contributed by atoms with Gasteiger partial charge in [-0.05, 0) is 38.8 Å². The van der Waals surface area contributed by atoms with Crippen molar-refractivity contribution in [3.63, 3.8) is 0 Å². The molecule has 0 bridgehead atoms. The van der Waals surface area contributed by atoms with Gasteiger partial charge in [0.1, 0.15) is 4.90 Å². The van der Waals surface area contributed by atoms with Crippen LogP contribution in [0.4, 0.5) is 0 Å². The number of sulfonamides is 1. The normalized spacial score (nSPS) is 16.2. The molecule has 114 valence electrons. The predicted molar refractivity (Wildman–Crippen MR) is 78.0 cm³/mol. The average molecular weight is 300 g/mol. The summed E-state index contributed by atoms with van der Waals surface area (Å²) in [7, 11) is -3.39. The van der Waals surface area contributed by atoms with Crippen molar-refractivity contribution < 1.29 is 8.42 Å². The molecule has 0 atom stereocenters. The molecule has 1 aliphatic rings. The molecule has 0 aromatic carbocycles. The van der Waals surface area contributed by atoms with Crippen LogP contribution in [0, 0.1) is 0 Å². The van der Waals surface area contributed by atoms with Gasteiger partial charge in [-0.15, -0.1) is 0 Å². The lowest BCUT2D eigenvalue weighted by atomic mass is 9.94. The van der Waals surface area contributed by atoms with Crippen molar-refractivity contribution in [3.8, 4) is 0 Å². The molecule has 7 heteroatoms. The predicted octanol–water partition coefficient (Wildman–Crippen LogP) is 1.10. The van der Waals surface area contributed by atoms with Crippen molar-refractivity contribution in [2.75, 3.05) is 13.1 Å². The lowest BCUT2D eigenvalue weighted by Gasteiger charge is -2.25. The highest BCUT2D eigenvalue weighted by Gasteiger charge is 2.25. The topological polar surface area (TPSA) is 76.0 Å². The Kier molecular flexibility index (Phi) is 5.56. The summed E-state index contributed by atoms with van der Waals surface area (Å²) in [6.45, 7) is 4.81. The van der Waals surface area contributed by atoms with E-state index < -0.39 is 10.0 Å². The van der Waals surface area contributed by atoms with E-state index in [1.807, 2.05) is 0 Å². The second kappa shape index (κ2) is 7.19. The quantitative estimate of drug-likeness (QED) is 0.670. The monoisotopic (exact) mass is 300 g/mol. The summed E-state index contributed by atoms with van der Waals surface area (Å²) in [6.07, 6.45) is 8.10. The van der Waals surface area contributed by atoms with Crippen LogP contribution in [0.25, 0.3) is 0 Å². The Labute approximate surface area is 121 Å². The molecule has 0 aliphatic heterocycles. The van der Waals surface area contributed by atoms with Gasteiger partial charge < -0.3 is 5.32 Å². The first-order valence-electron chi connectivity index (χ1n) is 7.37. The zero-order valence-electron chi connectivity index (χ0n) is 12.0. The molecule has 1 aromatic rings. The Morgan fingerprint density at radius 2 is 2.20 bits per heavy atom. The Bertz CT molecular complexity index is 508. The van der Waals surface area contributed by atoms with Crippen LogP contribution in [-0.2, 0) is 16.6 Å². The molecule has 1 fully saturated rings. The van der Waals surface area contributed by atoms with Crippen LogP contribution < -0.4 is 10.0 Å². The zero-order valence-corrected chi connectivity index (χ0v) is 12.8. The molecular formula is C13H24N4O2S. The van der Waals surface area contributed by atoms with Crippen molar-refractivity contribution in [2.24, 2.45) is 0 Å². The summed E-state index contributed by atoms with van der Waals surface area (Å²) in [4.78, 5) is 0.269. The fourth-order valence-electron chi connectivity index (χ4n) is 2.09. The van der Waals surface area contributed by atoms with Crippen LogP contribution in [0.3, 0.4) is 0 Å². The van der Waals surface area contributed by atoms with Crippen molar-refractivity contribution in [1.29, 1.82) is 0 Å². The van der Waals surface area contributed by atoms with E-state index >= 15 is 0 Å². The smallest absolute Gasteiger partial charge is 0.243 e. The largest absolute Gasteiger partial charge is 0.317 e. The second-order valence-corrected chi connectivity index (χ2v) is 7.01. The number of hydrogen-bond acceptors (Lipinski definition) is 4. The molecule has 1 aromatic heterocycles. The number of rotatable bonds is 9. The first kappa shape index (κ1) is 15.5. The summed E-state index contributed by atoms with van der Waals surface area (Å²) in [6, 6.07) is 0.113. The fourth-order valence-corrected chi connectivity index (χ4v) is 3.34. The summed E-state index contributed by atoms with van der Waals surface area (Å²) >= 11 is 0. The maximum atomic E-state index is 12.1. The Morgan fingerprint density at radius 3 is 2.85 bits per heavy atom. The number of aryl methyl sites for hydroxylation is 1. The lowest BCUT2D eigenvalue weighted by Crippen LogP contribution is -2.39. The average Bonchev–Trinajstić information content (AvgIpc) is 2.83. The van der Waals surface area contributed by atoms with Gasteiger partial charge >= 0.3 is 0 Å². The maximum Gasteiger partial charge on any atom is 0.243 e. The molecule has 0 radical (unpaired) electrons. The minimum absolute atomic E-state index is 0.113. The molecule has 0 spiro atoms. The SMILES string of the molecule is CCCNCCCn1cc(S(=O)(=O)NC2CCC2)cn1. The molecule has 1 saturated carbocycles. The molecule has 20 heavy (non-hydrogen) atoms. The first-order valence-corrected chi connectivity index (χ1v) is 8.85. The molecular weight excluding hydrogens is 276 g/mol. The third-order valence-corrected chi connectivity index (χ3v) is 4.99. The minimum atomic E-state index is -3.39. The lowest BCUT2D eigenvalue weighted by molar-refractivity contribution is 0.383. The number of hydrogen-bond donors (Lipinski definition) is 2.